The molecule has 1 unspecified atom stereocenters. The summed E-state index contributed by atoms with van der Waals surface area (Å²) in [5.41, 5.74) is 3.26. The summed E-state index contributed by atoms with van der Waals surface area (Å²) in [6.07, 6.45) is 5.94. The fourth-order valence-electron chi connectivity index (χ4n) is 3.54. The first-order valence-corrected chi connectivity index (χ1v) is 11.8. The molecule has 0 bridgehead atoms. The SMILES string of the molecule is COc1cncc(N2CCCOc3cc(C(=O)NCc4ccc(S(C)=O)cc4)ccc32)c1. The number of amides is 1. The van der Waals surface area contributed by atoms with E-state index in [1.807, 2.05) is 36.4 Å². The van der Waals surface area contributed by atoms with Crippen molar-refractivity contribution in [1.29, 1.82) is 0 Å². The second kappa shape index (κ2) is 9.82. The number of rotatable bonds is 6. The molecule has 0 fully saturated rings. The zero-order chi connectivity index (χ0) is 22.5. The highest BCUT2D eigenvalue weighted by molar-refractivity contribution is 7.84. The zero-order valence-electron chi connectivity index (χ0n) is 18.0. The predicted octanol–water partition coefficient (Wildman–Crippen LogP) is 3.68. The molecule has 0 saturated carbocycles. The van der Waals surface area contributed by atoms with Crippen LogP contribution in [0.1, 0.15) is 22.3 Å². The second-order valence-corrected chi connectivity index (χ2v) is 8.78. The minimum absolute atomic E-state index is 0.182. The van der Waals surface area contributed by atoms with Crippen LogP contribution in [0.25, 0.3) is 0 Å². The monoisotopic (exact) mass is 451 g/mol. The van der Waals surface area contributed by atoms with Crippen LogP contribution in [-0.2, 0) is 17.3 Å². The molecule has 32 heavy (non-hydrogen) atoms. The van der Waals surface area contributed by atoms with E-state index in [4.69, 9.17) is 9.47 Å². The first kappa shape index (κ1) is 21.8. The van der Waals surface area contributed by atoms with Gasteiger partial charge in [-0.15, -0.1) is 0 Å². The molecule has 0 spiro atoms. The van der Waals surface area contributed by atoms with Gasteiger partial charge >= 0.3 is 0 Å². The Morgan fingerprint density at radius 2 is 2.00 bits per heavy atom. The van der Waals surface area contributed by atoms with Crippen LogP contribution in [0.15, 0.2) is 65.8 Å². The maximum absolute atomic E-state index is 12.7. The molecule has 1 aliphatic rings. The van der Waals surface area contributed by atoms with Crippen LogP contribution in [-0.4, -0.2) is 41.6 Å². The van der Waals surface area contributed by atoms with Gasteiger partial charge in [0.05, 0.1) is 37.5 Å². The van der Waals surface area contributed by atoms with Gasteiger partial charge in [0, 0.05) is 46.7 Å². The summed E-state index contributed by atoms with van der Waals surface area (Å²) in [4.78, 5) is 19.9. The number of nitrogens with zero attached hydrogens (tertiary/aromatic N) is 2. The van der Waals surface area contributed by atoms with Crippen LogP contribution < -0.4 is 19.7 Å². The maximum Gasteiger partial charge on any atom is 0.251 e. The number of hydrogen-bond donors (Lipinski definition) is 1. The number of nitrogens with one attached hydrogen (secondary N) is 1. The highest BCUT2D eigenvalue weighted by Crippen LogP contribution is 2.37. The molecule has 2 aromatic carbocycles. The lowest BCUT2D eigenvalue weighted by atomic mass is 10.1. The number of carbonyl (C=O) groups excluding carboxylic acids is 1. The lowest BCUT2D eigenvalue weighted by Crippen LogP contribution is -2.23. The van der Waals surface area contributed by atoms with Crippen molar-refractivity contribution in [3.05, 3.63) is 72.1 Å². The number of methoxy groups -OCH3 is 1. The number of anilines is 2. The van der Waals surface area contributed by atoms with Crippen molar-refractivity contribution < 1.29 is 18.5 Å². The van der Waals surface area contributed by atoms with E-state index in [1.165, 1.54) is 0 Å². The molecule has 8 heteroatoms. The van der Waals surface area contributed by atoms with Gasteiger partial charge in [-0.05, 0) is 42.3 Å². The average Bonchev–Trinajstić information content (AvgIpc) is 3.04. The summed E-state index contributed by atoms with van der Waals surface area (Å²) in [6.45, 7) is 1.72. The van der Waals surface area contributed by atoms with E-state index in [1.54, 1.807) is 37.9 Å². The normalized spacial score (nSPS) is 14.0. The van der Waals surface area contributed by atoms with E-state index >= 15 is 0 Å². The van der Waals surface area contributed by atoms with Crippen molar-refractivity contribution in [2.24, 2.45) is 0 Å². The molecule has 0 radical (unpaired) electrons. The topological polar surface area (TPSA) is 80.8 Å². The molecule has 2 heterocycles. The summed E-state index contributed by atoms with van der Waals surface area (Å²) >= 11 is 0. The van der Waals surface area contributed by atoms with E-state index in [0.717, 1.165) is 34.8 Å². The third-order valence-corrected chi connectivity index (χ3v) is 6.19. The van der Waals surface area contributed by atoms with Gasteiger partial charge in [-0.25, -0.2) is 0 Å². The second-order valence-electron chi connectivity index (χ2n) is 7.40. The van der Waals surface area contributed by atoms with E-state index < -0.39 is 10.8 Å². The summed E-state index contributed by atoms with van der Waals surface area (Å²) in [7, 11) is 0.598. The van der Waals surface area contributed by atoms with Gasteiger partial charge < -0.3 is 19.7 Å². The molecule has 7 nitrogen and oxygen atoms in total. The number of ether oxygens (including phenoxy) is 2. The van der Waals surface area contributed by atoms with Gasteiger partial charge in [0.1, 0.15) is 11.5 Å². The lowest BCUT2D eigenvalue weighted by molar-refractivity contribution is 0.0950. The fraction of sp³-hybridized carbons (Fsp3) is 0.250. The van der Waals surface area contributed by atoms with E-state index in [2.05, 4.69) is 15.2 Å². The Morgan fingerprint density at radius 3 is 2.75 bits per heavy atom. The van der Waals surface area contributed by atoms with Crippen molar-refractivity contribution in [3.8, 4) is 11.5 Å². The smallest absolute Gasteiger partial charge is 0.251 e. The third-order valence-electron chi connectivity index (χ3n) is 5.25. The molecular formula is C24H25N3O4S. The minimum Gasteiger partial charge on any atom is -0.495 e. The van der Waals surface area contributed by atoms with Gasteiger partial charge in [0.15, 0.2) is 0 Å². The molecular weight excluding hydrogens is 426 g/mol. The number of pyridine rings is 1. The van der Waals surface area contributed by atoms with Crippen LogP contribution in [0, 0.1) is 0 Å². The summed E-state index contributed by atoms with van der Waals surface area (Å²) in [6, 6.07) is 14.8. The molecule has 1 aliphatic heterocycles. The molecule has 0 saturated heterocycles. The molecule has 4 rings (SSSR count). The first-order chi connectivity index (χ1) is 15.5. The summed E-state index contributed by atoms with van der Waals surface area (Å²) < 4.78 is 22.8. The average molecular weight is 452 g/mol. The van der Waals surface area contributed by atoms with Crippen LogP contribution in [0.4, 0.5) is 11.4 Å². The van der Waals surface area contributed by atoms with Crippen LogP contribution >= 0.6 is 0 Å². The largest absolute Gasteiger partial charge is 0.495 e. The minimum atomic E-state index is -1.02. The standard InChI is InChI=1S/C24H25N3O4S/c1-30-20-13-19(15-25-16-20)27-10-3-11-31-23-12-18(6-9-22(23)27)24(28)26-14-17-4-7-21(8-5-17)32(2)29/h4-9,12-13,15-16H,3,10-11,14H2,1-2H3,(H,26,28). The number of benzene rings is 2. The van der Waals surface area contributed by atoms with Crippen molar-refractivity contribution in [3.63, 3.8) is 0 Å². The van der Waals surface area contributed by atoms with E-state index in [0.29, 0.717) is 30.2 Å². The molecule has 1 aromatic heterocycles. The van der Waals surface area contributed by atoms with Gasteiger partial charge in [-0.1, -0.05) is 12.1 Å². The highest BCUT2D eigenvalue weighted by Gasteiger charge is 2.20. The molecule has 3 aromatic rings. The number of aromatic nitrogens is 1. The Morgan fingerprint density at radius 1 is 1.19 bits per heavy atom. The Labute approximate surface area is 189 Å². The van der Waals surface area contributed by atoms with Crippen molar-refractivity contribution in [1.82, 2.24) is 10.3 Å². The Balaban J connectivity index is 1.51. The van der Waals surface area contributed by atoms with Crippen molar-refractivity contribution in [2.75, 3.05) is 31.4 Å². The summed E-state index contributed by atoms with van der Waals surface area (Å²) in [5.74, 6) is 1.16. The zero-order valence-corrected chi connectivity index (χ0v) is 18.9. The van der Waals surface area contributed by atoms with Crippen molar-refractivity contribution >= 4 is 28.1 Å². The highest BCUT2D eigenvalue weighted by atomic mass is 32.2. The van der Waals surface area contributed by atoms with Gasteiger partial charge in [0.2, 0.25) is 0 Å². The van der Waals surface area contributed by atoms with Gasteiger partial charge in [-0.2, -0.15) is 0 Å². The van der Waals surface area contributed by atoms with Crippen LogP contribution in [0.3, 0.4) is 0 Å². The van der Waals surface area contributed by atoms with Gasteiger partial charge in [0.25, 0.3) is 5.91 Å². The Bertz CT molecular complexity index is 1130. The molecule has 0 aliphatic carbocycles. The maximum atomic E-state index is 12.7. The van der Waals surface area contributed by atoms with Crippen molar-refractivity contribution in [2.45, 2.75) is 17.9 Å². The predicted molar refractivity (Wildman–Crippen MR) is 124 cm³/mol. The van der Waals surface area contributed by atoms with E-state index in [9.17, 15) is 9.00 Å². The van der Waals surface area contributed by atoms with Crippen LogP contribution in [0.2, 0.25) is 0 Å². The van der Waals surface area contributed by atoms with Crippen LogP contribution in [0.5, 0.6) is 11.5 Å². The fourth-order valence-corrected chi connectivity index (χ4v) is 4.06. The van der Waals surface area contributed by atoms with E-state index in [-0.39, 0.29) is 5.91 Å². The number of carbonyl (C=O) groups is 1. The molecule has 1 amide bonds. The third kappa shape index (κ3) is 4.91. The lowest BCUT2D eigenvalue weighted by Gasteiger charge is -2.24. The number of hydrogen-bond acceptors (Lipinski definition) is 6. The quantitative estimate of drug-likeness (QED) is 0.616. The number of fused-ring (bicyclic) bond motifs is 1. The van der Waals surface area contributed by atoms with Gasteiger partial charge in [-0.3, -0.25) is 14.0 Å². The Kier molecular flexibility index (Phi) is 6.70. The first-order valence-electron chi connectivity index (χ1n) is 10.3. The Hall–Kier alpha value is -3.39. The molecule has 166 valence electrons. The molecule has 1 N–H and O–H groups in total. The summed E-state index contributed by atoms with van der Waals surface area (Å²) in [5, 5.41) is 2.93. The molecule has 1 atom stereocenters.